The Labute approximate surface area is 133 Å². The number of carbonyl (C=O) groups excluding carboxylic acids is 1. The standard InChI is InChI=1S/C15H21N3OS2/c1-5-6-13-17-10(4)12(21-13)7-16-14(19)15-18-11(8-20-15)9(2)3/h8-9H,5-7H2,1-4H3,(H,16,19). The highest BCUT2D eigenvalue weighted by molar-refractivity contribution is 7.12. The van der Waals surface area contributed by atoms with Crippen LogP contribution in [0.1, 0.15) is 64.2 Å². The van der Waals surface area contributed by atoms with Crippen molar-refractivity contribution in [2.75, 3.05) is 0 Å². The van der Waals surface area contributed by atoms with Gasteiger partial charge in [0.05, 0.1) is 22.9 Å². The largest absolute Gasteiger partial charge is 0.345 e. The van der Waals surface area contributed by atoms with Crippen molar-refractivity contribution in [2.24, 2.45) is 0 Å². The molecule has 0 unspecified atom stereocenters. The number of aryl methyl sites for hydroxylation is 2. The SMILES string of the molecule is CCCc1nc(C)c(CNC(=O)c2nc(C(C)C)cs2)s1. The van der Waals surface area contributed by atoms with Crippen LogP contribution in [0, 0.1) is 6.92 Å². The molecule has 0 bridgehead atoms. The second-order valence-corrected chi connectivity index (χ2v) is 7.31. The number of aromatic nitrogens is 2. The molecule has 2 aromatic heterocycles. The first-order valence-electron chi connectivity index (χ1n) is 7.20. The third-order valence-electron chi connectivity index (χ3n) is 3.12. The maximum absolute atomic E-state index is 12.1. The van der Waals surface area contributed by atoms with E-state index in [2.05, 4.69) is 36.1 Å². The van der Waals surface area contributed by atoms with E-state index in [1.807, 2.05) is 12.3 Å². The van der Waals surface area contributed by atoms with Crippen molar-refractivity contribution in [3.63, 3.8) is 0 Å². The number of hydrogen-bond donors (Lipinski definition) is 1. The fourth-order valence-electron chi connectivity index (χ4n) is 1.86. The van der Waals surface area contributed by atoms with Crippen molar-refractivity contribution in [2.45, 2.75) is 53.0 Å². The minimum Gasteiger partial charge on any atom is -0.345 e. The average molecular weight is 323 g/mol. The molecule has 0 aliphatic rings. The number of hydrogen-bond acceptors (Lipinski definition) is 5. The summed E-state index contributed by atoms with van der Waals surface area (Å²) in [5.74, 6) is 0.250. The van der Waals surface area contributed by atoms with Gasteiger partial charge in [0, 0.05) is 10.3 Å². The first-order valence-corrected chi connectivity index (χ1v) is 8.89. The molecule has 0 aliphatic heterocycles. The molecule has 0 aliphatic carbocycles. The van der Waals surface area contributed by atoms with E-state index in [0.717, 1.165) is 34.1 Å². The van der Waals surface area contributed by atoms with Crippen LogP contribution in [-0.4, -0.2) is 15.9 Å². The summed E-state index contributed by atoms with van der Waals surface area (Å²) in [6.07, 6.45) is 2.10. The van der Waals surface area contributed by atoms with E-state index in [4.69, 9.17) is 0 Å². The second-order valence-electron chi connectivity index (χ2n) is 5.28. The molecule has 0 atom stereocenters. The van der Waals surface area contributed by atoms with Gasteiger partial charge < -0.3 is 5.32 Å². The van der Waals surface area contributed by atoms with Crippen molar-refractivity contribution in [1.82, 2.24) is 15.3 Å². The van der Waals surface area contributed by atoms with E-state index < -0.39 is 0 Å². The van der Waals surface area contributed by atoms with Crippen LogP contribution in [0.25, 0.3) is 0 Å². The third kappa shape index (κ3) is 4.11. The molecule has 1 N–H and O–H groups in total. The zero-order valence-corrected chi connectivity index (χ0v) is 14.5. The van der Waals surface area contributed by atoms with Crippen LogP contribution in [0.15, 0.2) is 5.38 Å². The van der Waals surface area contributed by atoms with Gasteiger partial charge in [-0.2, -0.15) is 0 Å². The molecule has 0 spiro atoms. The van der Waals surface area contributed by atoms with Crippen molar-refractivity contribution >= 4 is 28.6 Å². The van der Waals surface area contributed by atoms with Crippen LogP contribution in [-0.2, 0) is 13.0 Å². The molecule has 1 amide bonds. The Kier molecular flexibility index (Phi) is 5.47. The lowest BCUT2D eigenvalue weighted by Gasteiger charge is -2.01. The number of amides is 1. The molecular formula is C15H21N3OS2. The summed E-state index contributed by atoms with van der Waals surface area (Å²) in [6.45, 7) is 8.83. The van der Waals surface area contributed by atoms with Crippen LogP contribution in [0.4, 0.5) is 0 Å². The summed E-state index contributed by atoms with van der Waals surface area (Å²) in [4.78, 5) is 22.2. The summed E-state index contributed by atoms with van der Waals surface area (Å²) in [6, 6.07) is 0. The van der Waals surface area contributed by atoms with Crippen LogP contribution in [0.2, 0.25) is 0 Å². The van der Waals surface area contributed by atoms with E-state index in [9.17, 15) is 4.79 Å². The maximum atomic E-state index is 12.1. The molecule has 2 rings (SSSR count). The predicted octanol–water partition coefficient (Wildman–Crippen LogP) is 3.91. The third-order valence-corrected chi connectivity index (χ3v) is 5.19. The van der Waals surface area contributed by atoms with Gasteiger partial charge >= 0.3 is 0 Å². The predicted molar refractivity (Wildman–Crippen MR) is 88.2 cm³/mol. The van der Waals surface area contributed by atoms with E-state index >= 15 is 0 Å². The lowest BCUT2D eigenvalue weighted by molar-refractivity contribution is 0.0950. The van der Waals surface area contributed by atoms with Gasteiger partial charge in [-0.05, 0) is 25.7 Å². The first kappa shape index (κ1) is 16.1. The molecular weight excluding hydrogens is 302 g/mol. The molecule has 4 nitrogen and oxygen atoms in total. The highest BCUT2D eigenvalue weighted by atomic mass is 32.1. The summed E-state index contributed by atoms with van der Waals surface area (Å²) >= 11 is 3.09. The summed E-state index contributed by atoms with van der Waals surface area (Å²) in [7, 11) is 0. The molecule has 2 heterocycles. The van der Waals surface area contributed by atoms with Crippen molar-refractivity contribution in [3.05, 3.63) is 31.7 Å². The van der Waals surface area contributed by atoms with E-state index in [0.29, 0.717) is 17.5 Å². The van der Waals surface area contributed by atoms with E-state index in [1.54, 1.807) is 11.3 Å². The number of nitrogens with one attached hydrogen (secondary N) is 1. The molecule has 0 radical (unpaired) electrons. The minimum absolute atomic E-state index is 0.100. The molecule has 2 aromatic rings. The van der Waals surface area contributed by atoms with Gasteiger partial charge in [-0.3, -0.25) is 4.79 Å². The van der Waals surface area contributed by atoms with Crippen LogP contribution >= 0.6 is 22.7 Å². The lowest BCUT2D eigenvalue weighted by Crippen LogP contribution is -2.22. The van der Waals surface area contributed by atoms with Crippen LogP contribution < -0.4 is 5.32 Å². The summed E-state index contributed by atoms with van der Waals surface area (Å²) < 4.78 is 0. The zero-order chi connectivity index (χ0) is 15.4. The molecule has 0 fully saturated rings. The van der Waals surface area contributed by atoms with Crippen molar-refractivity contribution < 1.29 is 4.79 Å². The topological polar surface area (TPSA) is 54.9 Å². The molecule has 0 aromatic carbocycles. The Morgan fingerprint density at radius 1 is 1.38 bits per heavy atom. The number of carbonyl (C=O) groups is 1. The van der Waals surface area contributed by atoms with Gasteiger partial charge in [0.1, 0.15) is 0 Å². The monoisotopic (exact) mass is 323 g/mol. The van der Waals surface area contributed by atoms with Crippen LogP contribution in [0.3, 0.4) is 0 Å². The molecule has 114 valence electrons. The van der Waals surface area contributed by atoms with Crippen LogP contribution in [0.5, 0.6) is 0 Å². The summed E-state index contributed by atoms with van der Waals surface area (Å²) in [5, 5.41) is 6.58. The zero-order valence-electron chi connectivity index (χ0n) is 12.9. The molecule has 0 saturated heterocycles. The number of nitrogens with zero attached hydrogens (tertiary/aromatic N) is 2. The van der Waals surface area contributed by atoms with Gasteiger partial charge in [0.2, 0.25) is 0 Å². The lowest BCUT2D eigenvalue weighted by atomic mass is 10.2. The molecule has 21 heavy (non-hydrogen) atoms. The van der Waals surface area contributed by atoms with E-state index in [1.165, 1.54) is 11.3 Å². The van der Waals surface area contributed by atoms with Crippen molar-refractivity contribution in [1.29, 1.82) is 0 Å². The van der Waals surface area contributed by atoms with E-state index in [-0.39, 0.29) is 5.91 Å². The highest BCUT2D eigenvalue weighted by Gasteiger charge is 2.14. The Hall–Kier alpha value is -1.27. The van der Waals surface area contributed by atoms with Crippen molar-refractivity contribution in [3.8, 4) is 0 Å². The number of thiazole rings is 2. The Morgan fingerprint density at radius 3 is 2.76 bits per heavy atom. The van der Waals surface area contributed by atoms with Gasteiger partial charge in [-0.15, -0.1) is 22.7 Å². The summed E-state index contributed by atoms with van der Waals surface area (Å²) in [5.41, 5.74) is 2.00. The Bertz CT molecular complexity index is 616. The Morgan fingerprint density at radius 2 is 2.14 bits per heavy atom. The van der Waals surface area contributed by atoms with Gasteiger partial charge in [0.25, 0.3) is 5.91 Å². The average Bonchev–Trinajstić information content (AvgIpc) is 3.04. The quantitative estimate of drug-likeness (QED) is 0.877. The fourth-order valence-corrected chi connectivity index (χ4v) is 3.87. The van der Waals surface area contributed by atoms with Gasteiger partial charge in [-0.25, -0.2) is 9.97 Å². The smallest absolute Gasteiger partial charge is 0.280 e. The maximum Gasteiger partial charge on any atom is 0.280 e. The highest BCUT2D eigenvalue weighted by Crippen LogP contribution is 2.20. The van der Waals surface area contributed by atoms with Gasteiger partial charge in [0.15, 0.2) is 5.01 Å². The Balaban J connectivity index is 1.97. The molecule has 0 saturated carbocycles. The first-order chi connectivity index (χ1) is 10.0. The fraction of sp³-hybridized carbons (Fsp3) is 0.533. The molecule has 6 heteroatoms. The minimum atomic E-state index is -0.100. The normalized spacial score (nSPS) is 11.1. The van der Waals surface area contributed by atoms with Gasteiger partial charge in [-0.1, -0.05) is 20.8 Å². The second kappa shape index (κ2) is 7.13. The number of rotatable bonds is 6.